The Morgan fingerprint density at radius 2 is 1.59 bits per heavy atom. The van der Waals surface area contributed by atoms with Crippen LogP contribution in [0.2, 0.25) is 0 Å². The number of benzene rings is 1. The van der Waals surface area contributed by atoms with Crippen LogP contribution in [0.1, 0.15) is 26.7 Å². The summed E-state index contributed by atoms with van der Waals surface area (Å²) in [5.41, 5.74) is 0.477. The molecule has 5 heteroatoms. The minimum absolute atomic E-state index is 0.477. The van der Waals surface area contributed by atoms with Crippen molar-refractivity contribution in [1.82, 2.24) is 9.03 Å². The largest absolute Gasteiger partial charge is 0.322 e. The van der Waals surface area contributed by atoms with Crippen LogP contribution >= 0.6 is 0 Å². The van der Waals surface area contributed by atoms with Gasteiger partial charge in [0.1, 0.15) is 0 Å². The topological polar surface area (TPSA) is 51.5 Å². The van der Waals surface area contributed by atoms with E-state index in [-0.39, 0.29) is 0 Å². The molecule has 1 rings (SSSR count). The molecule has 1 radical (unpaired) electrons. The molecule has 0 amide bonds. The van der Waals surface area contributed by atoms with Crippen molar-refractivity contribution in [1.29, 1.82) is 0 Å². The molecule has 0 spiro atoms. The number of hydrogen-bond acceptors (Lipinski definition) is 2. The van der Waals surface area contributed by atoms with Gasteiger partial charge < -0.3 is 0 Å². The molecule has 0 saturated carbocycles. The van der Waals surface area contributed by atoms with Crippen LogP contribution in [-0.2, 0) is 10.2 Å². The van der Waals surface area contributed by atoms with E-state index in [1.807, 2.05) is 19.9 Å². The lowest BCUT2D eigenvalue weighted by Gasteiger charge is -2.19. The zero-order chi connectivity index (χ0) is 12.7. The van der Waals surface area contributed by atoms with Gasteiger partial charge in [0.2, 0.25) is 0 Å². The van der Waals surface area contributed by atoms with Crippen molar-refractivity contribution in [3.8, 4) is 0 Å². The average Bonchev–Trinajstić information content (AvgIpc) is 2.29. The summed E-state index contributed by atoms with van der Waals surface area (Å²) in [6.45, 7) is 4.96. The molecule has 17 heavy (non-hydrogen) atoms. The molecular weight excluding hydrogens is 236 g/mol. The summed E-state index contributed by atoms with van der Waals surface area (Å²) in [5.74, 6) is 0. The van der Waals surface area contributed by atoms with Crippen LogP contribution in [0.3, 0.4) is 0 Å². The number of hydrogen-bond donors (Lipinski definition) is 0. The fourth-order valence-corrected chi connectivity index (χ4v) is 2.85. The van der Waals surface area contributed by atoms with E-state index in [1.165, 1.54) is 4.31 Å². The molecule has 0 aliphatic heterocycles. The quantitative estimate of drug-likeness (QED) is 0.750. The molecule has 0 unspecified atom stereocenters. The van der Waals surface area contributed by atoms with Gasteiger partial charge in [0.15, 0.2) is 0 Å². The molecule has 0 atom stereocenters. The maximum atomic E-state index is 12.0. The van der Waals surface area contributed by atoms with Gasteiger partial charge in [0.25, 0.3) is 0 Å². The first-order valence-electron chi connectivity index (χ1n) is 5.88. The molecule has 0 fully saturated rings. The van der Waals surface area contributed by atoms with Gasteiger partial charge >= 0.3 is 10.2 Å². The molecule has 0 aliphatic carbocycles. The zero-order valence-corrected chi connectivity index (χ0v) is 11.2. The van der Waals surface area contributed by atoms with Crippen molar-refractivity contribution >= 4 is 15.9 Å². The Hall–Kier alpha value is -1.07. The maximum Gasteiger partial charge on any atom is 0.322 e. The van der Waals surface area contributed by atoms with E-state index in [1.54, 1.807) is 24.3 Å². The molecule has 0 bridgehead atoms. The molecule has 0 aliphatic rings. The third-order valence-corrected chi connectivity index (χ3v) is 3.71. The average molecular weight is 255 g/mol. The molecule has 4 nitrogen and oxygen atoms in total. The minimum atomic E-state index is -3.54. The smallest absolute Gasteiger partial charge is 0.187 e. The van der Waals surface area contributed by atoms with Crippen molar-refractivity contribution in [2.24, 2.45) is 0 Å². The summed E-state index contributed by atoms with van der Waals surface area (Å²) in [5, 5.41) is 0. The predicted octanol–water partition coefficient (Wildman–Crippen LogP) is 2.29. The Morgan fingerprint density at radius 3 is 2.06 bits per heavy atom. The first-order chi connectivity index (χ1) is 8.10. The van der Waals surface area contributed by atoms with Gasteiger partial charge in [-0.15, -0.1) is 0 Å². The van der Waals surface area contributed by atoms with E-state index in [0.717, 1.165) is 12.8 Å². The highest BCUT2D eigenvalue weighted by Crippen LogP contribution is 2.12. The monoisotopic (exact) mass is 255 g/mol. The van der Waals surface area contributed by atoms with Crippen molar-refractivity contribution in [3.05, 3.63) is 30.3 Å². The van der Waals surface area contributed by atoms with Crippen LogP contribution in [0.25, 0.3) is 0 Å². The summed E-state index contributed by atoms with van der Waals surface area (Å²) in [7, 11) is -3.54. The van der Waals surface area contributed by atoms with Gasteiger partial charge in [0.05, 0.1) is 5.69 Å². The Balaban J connectivity index is 2.78. The molecule has 0 saturated heterocycles. The van der Waals surface area contributed by atoms with Crippen LogP contribution in [0.5, 0.6) is 0 Å². The maximum absolute atomic E-state index is 12.0. The standard InChI is InChI=1S/C12H19N2O2S/c1-3-10-14(11-4-2)17(15,16)13-12-8-6-5-7-9-12/h5-9H,3-4,10-11H2,1-2H3. The lowest BCUT2D eigenvalue weighted by atomic mass is 10.3. The second kappa shape index (κ2) is 6.61. The summed E-state index contributed by atoms with van der Waals surface area (Å²) < 4.78 is 29.3. The second-order valence-electron chi connectivity index (χ2n) is 3.80. The van der Waals surface area contributed by atoms with Gasteiger partial charge in [0, 0.05) is 13.1 Å². The van der Waals surface area contributed by atoms with Crippen LogP contribution in [-0.4, -0.2) is 25.8 Å². The Kier molecular flexibility index (Phi) is 5.44. The van der Waals surface area contributed by atoms with Gasteiger partial charge in [-0.3, -0.25) is 0 Å². The molecule has 0 N–H and O–H groups in total. The van der Waals surface area contributed by atoms with Gasteiger partial charge in [-0.05, 0) is 25.0 Å². The third-order valence-electron chi connectivity index (χ3n) is 2.25. The molecule has 1 aromatic rings. The SMILES string of the molecule is CCCN(CCC)S(=O)(=O)[N]c1ccccc1. The second-order valence-corrected chi connectivity index (χ2v) is 5.40. The molecule has 0 heterocycles. The van der Waals surface area contributed by atoms with Crippen LogP contribution < -0.4 is 4.72 Å². The fourth-order valence-electron chi connectivity index (χ4n) is 1.52. The molecule has 95 valence electrons. The highest BCUT2D eigenvalue weighted by Gasteiger charge is 2.21. The van der Waals surface area contributed by atoms with E-state index in [2.05, 4.69) is 4.72 Å². The van der Waals surface area contributed by atoms with Crippen molar-refractivity contribution in [2.75, 3.05) is 13.1 Å². The van der Waals surface area contributed by atoms with E-state index in [4.69, 9.17) is 0 Å². The summed E-state index contributed by atoms with van der Waals surface area (Å²) in [6.07, 6.45) is 1.59. The van der Waals surface area contributed by atoms with E-state index in [0.29, 0.717) is 18.8 Å². The Labute approximate surface area is 104 Å². The lowest BCUT2D eigenvalue weighted by molar-refractivity contribution is 0.406. The normalized spacial score (nSPS) is 11.7. The number of nitrogens with zero attached hydrogens (tertiary/aromatic N) is 2. The summed E-state index contributed by atoms with van der Waals surface area (Å²) >= 11 is 0. The third kappa shape index (κ3) is 4.36. The van der Waals surface area contributed by atoms with Gasteiger partial charge in [-0.25, -0.2) is 0 Å². The first-order valence-corrected chi connectivity index (χ1v) is 7.28. The molecular formula is C12H19N2O2S. The highest BCUT2D eigenvalue weighted by molar-refractivity contribution is 7.87. The van der Waals surface area contributed by atoms with E-state index >= 15 is 0 Å². The Morgan fingerprint density at radius 1 is 1.06 bits per heavy atom. The highest BCUT2D eigenvalue weighted by atomic mass is 32.2. The van der Waals surface area contributed by atoms with Crippen molar-refractivity contribution in [2.45, 2.75) is 26.7 Å². The van der Waals surface area contributed by atoms with Crippen LogP contribution in [0.15, 0.2) is 30.3 Å². The van der Waals surface area contributed by atoms with Gasteiger partial charge in [-0.2, -0.15) is 17.4 Å². The minimum Gasteiger partial charge on any atom is -0.187 e. The van der Waals surface area contributed by atoms with Crippen molar-refractivity contribution < 1.29 is 8.42 Å². The molecule has 1 aromatic carbocycles. The fraction of sp³-hybridized carbons (Fsp3) is 0.500. The van der Waals surface area contributed by atoms with Crippen LogP contribution in [0.4, 0.5) is 5.69 Å². The lowest BCUT2D eigenvalue weighted by Crippen LogP contribution is -2.36. The summed E-state index contributed by atoms with van der Waals surface area (Å²) in [4.78, 5) is 0. The van der Waals surface area contributed by atoms with E-state index in [9.17, 15) is 8.42 Å². The van der Waals surface area contributed by atoms with E-state index < -0.39 is 10.2 Å². The Bertz CT molecular complexity index is 411. The zero-order valence-electron chi connectivity index (χ0n) is 10.3. The molecule has 0 aromatic heterocycles. The van der Waals surface area contributed by atoms with Crippen LogP contribution in [0, 0.1) is 0 Å². The number of rotatable bonds is 7. The van der Waals surface area contributed by atoms with Crippen molar-refractivity contribution in [3.63, 3.8) is 0 Å². The first kappa shape index (κ1) is 14.0. The predicted molar refractivity (Wildman–Crippen MR) is 69.3 cm³/mol. The van der Waals surface area contributed by atoms with Gasteiger partial charge in [-0.1, -0.05) is 32.0 Å². The summed E-state index contributed by atoms with van der Waals surface area (Å²) in [6, 6.07) is 8.76.